The number of carbonyl (C=O) groups is 5. The Labute approximate surface area is 890 Å². The molecule has 8 aromatic heterocycles. The molecule has 0 spiro atoms. The zero-order valence-electron chi connectivity index (χ0n) is 80.8. The summed E-state index contributed by atoms with van der Waals surface area (Å²) in [6.45, 7) is 14.7. The number of pyridine rings is 3. The van der Waals surface area contributed by atoms with Crippen molar-refractivity contribution in [1.82, 2.24) is 62.7 Å². The number of Topliss-reactive ketones (excluding diaryl/α,β-unsaturated/α-hetero) is 5. The number of aliphatic hydroxyl groups is 5. The van der Waals surface area contributed by atoms with Crippen LogP contribution in [0.2, 0.25) is 0 Å². The zero-order chi connectivity index (χ0) is 101. The molecule has 0 unspecified atom stereocenters. The summed E-state index contributed by atoms with van der Waals surface area (Å²) < 4.78 is 81.7. The number of hydrogen-bond acceptors (Lipinski definition) is 22. The summed E-state index contributed by atoms with van der Waals surface area (Å²) in [5, 5.41) is 46.4. The third kappa shape index (κ3) is 39.4. The maximum absolute atomic E-state index is 13.3. The van der Waals surface area contributed by atoms with Gasteiger partial charge in [0.15, 0.2) is 28.9 Å². The number of aromatic nitrogens is 13. The van der Waals surface area contributed by atoms with E-state index in [-0.39, 0.29) is 169 Å². The Kier molecular flexibility index (Phi) is 58.1. The maximum atomic E-state index is 13.3. The van der Waals surface area contributed by atoms with Crippen molar-refractivity contribution in [2.75, 3.05) is 28.4 Å². The summed E-state index contributed by atoms with van der Waals surface area (Å²) >= 11 is 0. The fourth-order valence-electron chi connectivity index (χ4n) is 12.7. The van der Waals surface area contributed by atoms with Gasteiger partial charge in [-0.3, -0.25) is 81.4 Å². The van der Waals surface area contributed by atoms with Crippen LogP contribution in [0.1, 0.15) is 97.1 Å². The smallest absolute Gasteiger partial charge is 0.163 e. The number of hydrogen-bond donors (Lipinski definition) is 5. The van der Waals surface area contributed by atoms with E-state index in [1.54, 1.807) is 205 Å². The summed E-state index contributed by atoms with van der Waals surface area (Å²) in [6.07, 6.45) is 26.9. The molecule has 5 N–H and O–H groups in total. The molecular weight excluding hydrogens is 2720 g/mol. The molecule has 0 fully saturated rings. The standard InChI is InChI=1S/2C12H13N2O2.2C11H12O2.2C10H7F2N2.C10H9N2.3C10H11NO2.5Ir/c2*1-14-7-6-13-12(14)10-5-4-9(15-2)8-11(10)16-3;2*1-8(12)11(9(2)13)10-6-4-3-5-7-10;2*1-14-5-4-13-10(14)8-3-2-7(11)6-9(8)12;1-12-8-7-11-10(12)9-5-3-2-4-6-9;3*1-7(12)10(8(2)13)9-3-5-11-6-4-9;;;;;/h2*4,6-8H,1-3H3;2*3-7,12H,1-2H3;2*2,4-6H,1H3;2-5,7-8H,1H3;3*3-6,12H,1-2H3;;;;;/q2*-1;;;3*-1;;;;;;;;. The summed E-state index contributed by atoms with van der Waals surface area (Å²) in [6, 6.07) is 61.7. The molecule has 142 heavy (non-hydrogen) atoms. The second-order valence-corrected chi connectivity index (χ2v) is 29.2. The van der Waals surface area contributed by atoms with Crippen LogP contribution in [0.15, 0.2) is 298 Å². The number of allylic oxidation sites excluding steroid dienone is 10. The van der Waals surface area contributed by atoms with Crippen LogP contribution in [0, 0.1) is 53.6 Å². The van der Waals surface area contributed by atoms with Gasteiger partial charge in [0.25, 0.3) is 0 Å². The number of aryl methyl sites for hydroxylation is 5. The average Bonchev–Trinajstić information content (AvgIpc) is 1.63. The number of carbonyl (C=O) groups excluding carboxylic acids is 5. The van der Waals surface area contributed by atoms with Crippen LogP contribution in [0.25, 0.3) is 84.8 Å². The number of methoxy groups -OCH3 is 4. The molecule has 0 aliphatic rings. The number of ketones is 5. The average molecular weight is 2820 g/mol. The van der Waals surface area contributed by atoms with E-state index in [9.17, 15) is 67.1 Å². The molecule has 8 heterocycles. The Hall–Kier alpha value is -13.7. The Morgan fingerprint density at radius 2 is 0.528 bits per heavy atom. The van der Waals surface area contributed by atoms with Crippen molar-refractivity contribution >= 4 is 56.8 Å². The number of aliphatic hydroxyl groups excluding tert-OH is 5. The molecule has 0 saturated heterocycles. The first-order valence-corrected chi connectivity index (χ1v) is 41.6. The molecule has 7 aromatic carbocycles. The first kappa shape index (κ1) is 126. The molecule has 0 bridgehead atoms. The van der Waals surface area contributed by atoms with Crippen molar-refractivity contribution in [3.8, 4) is 79.9 Å². The van der Waals surface area contributed by atoms with Crippen molar-refractivity contribution in [2.24, 2.45) is 35.2 Å². The number of halogens is 4. The van der Waals surface area contributed by atoms with E-state index < -0.39 is 23.3 Å². The third-order valence-corrected chi connectivity index (χ3v) is 18.9. The largest absolute Gasteiger partial charge is 0.540 e. The fourth-order valence-corrected chi connectivity index (χ4v) is 12.7. The molecule has 0 atom stereocenters. The second-order valence-electron chi connectivity index (χ2n) is 29.2. The Balaban J connectivity index is 0.000000787. The molecule has 27 nitrogen and oxygen atoms in total. The molecule has 0 saturated carbocycles. The minimum absolute atomic E-state index is 0. The molecule has 15 rings (SSSR count). The van der Waals surface area contributed by atoms with Gasteiger partial charge in [0.1, 0.15) is 28.8 Å². The summed E-state index contributed by atoms with van der Waals surface area (Å²) in [4.78, 5) is 87.9. The van der Waals surface area contributed by atoms with Gasteiger partial charge in [0.2, 0.25) is 0 Å². The molecule has 15 aromatic rings. The van der Waals surface area contributed by atoms with Crippen molar-refractivity contribution in [1.29, 1.82) is 0 Å². The van der Waals surface area contributed by atoms with Crippen LogP contribution < -0.4 is 18.9 Å². The molecule has 757 valence electrons. The number of imidazole rings is 5. The predicted octanol–water partition coefficient (Wildman–Crippen LogP) is 21.0. The summed E-state index contributed by atoms with van der Waals surface area (Å²) in [5.41, 5.74) is 8.49. The van der Waals surface area contributed by atoms with Gasteiger partial charge >= 0.3 is 0 Å². The van der Waals surface area contributed by atoms with Crippen molar-refractivity contribution in [3.63, 3.8) is 0 Å². The molecule has 36 heteroatoms. The van der Waals surface area contributed by atoms with Gasteiger partial charge in [-0.25, -0.2) is 0 Å². The SMILES string of the molecule is CC(=O)C(=C(C)O)c1ccccc1.CC(=O)C(=C(C)O)c1ccccc1.CC(=O)C(=C(C)O)c1ccncc1.CC(=O)C(=C(C)O)c1ccncc1.CC(=O)C(=C(C)O)c1ccncc1.COc1c[c-]c(-c2nccn2C)c(OC)c1.COc1c[c-]c(-c2nccn2C)c(OC)c1.Cn1ccnc1-c1[c-]cc(F)cc1F.Cn1ccnc1-c1[c-]cc(F)cc1F.Cn1ccnc1-c1[c-]cccc1.[Ir].[Ir].[Ir].[Ir].[Ir]. The van der Waals surface area contributed by atoms with Crippen LogP contribution in [-0.4, -0.2) is 146 Å². The van der Waals surface area contributed by atoms with Gasteiger partial charge < -0.3 is 67.3 Å². The van der Waals surface area contributed by atoms with Crippen LogP contribution in [0.3, 0.4) is 0 Å². The van der Waals surface area contributed by atoms with Gasteiger partial charge in [0.05, 0.1) is 85.4 Å². The zero-order valence-corrected chi connectivity index (χ0v) is 92.8. The van der Waals surface area contributed by atoms with E-state index in [0.29, 0.717) is 67.7 Å². The van der Waals surface area contributed by atoms with E-state index >= 15 is 0 Å². The summed E-state index contributed by atoms with van der Waals surface area (Å²) in [7, 11) is 15.8. The Morgan fingerprint density at radius 3 is 0.739 bits per heavy atom. The fraction of sp³-hybridized carbons (Fsp3) is 0.179. The van der Waals surface area contributed by atoms with E-state index in [1.807, 2.05) is 126 Å². The number of benzene rings is 7. The van der Waals surface area contributed by atoms with Crippen molar-refractivity contribution in [3.05, 3.63) is 379 Å². The van der Waals surface area contributed by atoms with E-state index in [0.717, 1.165) is 81.1 Å². The molecule has 5 radical (unpaired) electrons. The third-order valence-electron chi connectivity index (χ3n) is 18.9. The molecule has 0 aliphatic carbocycles. The second kappa shape index (κ2) is 65.3. The van der Waals surface area contributed by atoms with Crippen LogP contribution in [0.4, 0.5) is 17.6 Å². The predicted molar refractivity (Wildman–Crippen MR) is 519 cm³/mol. The van der Waals surface area contributed by atoms with E-state index in [2.05, 4.69) is 70.2 Å². The molecule has 0 amide bonds. The van der Waals surface area contributed by atoms with Gasteiger partial charge in [-0.1, -0.05) is 107 Å². The van der Waals surface area contributed by atoms with E-state index in [4.69, 9.17) is 18.9 Å². The monoisotopic (exact) mass is 2830 g/mol. The van der Waals surface area contributed by atoms with Gasteiger partial charge in [-0.2, -0.15) is 0 Å². The minimum Gasteiger partial charge on any atom is -0.540 e. The normalized spacial score (nSPS) is 10.8. The Morgan fingerprint density at radius 1 is 0.289 bits per heavy atom. The topological polar surface area (TPSA) is 351 Å². The van der Waals surface area contributed by atoms with Crippen LogP contribution in [0.5, 0.6) is 23.0 Å². The van der Waals surface area contributed by atoms with Crippen LogP contribution in [-0.2, 0) is 160 Å². The molecule has 0 aliphatic heterocycles. The van der Waals surface area contributed by atoms with Crippen molar-refractivity contribution in [2.45, 2.75) is 69.2 Å². The first-order chi connectivity index (χ1) is 65.4. The first-order valence-electron chi connectivity index (χ1n) is 41.6. The quantitative estimate of drug-likeness (QED) is 0.0217. The summed E-state index contributed by atoms with van der Waals surface area (Å²) in [5.74, 6) is 3.29. The van der Waals surface area contributed by atoms with Crippen LogP contribution >= 0.6 is 0 Å². The van der Waals surface area contributed by atoms with Gasteiger partial charge in [-0.05, 0) is 133 Å². The van der Waals surface area contributed by atoms with E-state index in [1.165, 1.54) is 69.2 Å². The van der Waals surface area contributed by atoms with Crippen molar-refractivity contribution < 1.29 is 187 Å². The number of ether oxygens (including phenoxy) is 4. The molecular formula is C106H106F4Ir5N13O14-5. The number of rotatable bonds is 19. The van der Waals surface area contributed by atoms with Gasteiger partial charge in [0, 0.05) is 281 Å². The van der Waals surface area contributed by atoms with Gasteiger partial charge in [-0.15, -0.1) is 84.4 Å². The minimum atomic E-state index is -0.653. The number of nitrogens with zero attached hydrogens (tertiary/aromatic N) is 13. The maximum Gasteiger partial charge on any atom is 0.163 e. The Bertz CT molecular complexity index is 6030.